The molecule has 1 unspecified atom stereocenters. The third kappa shape index (κ3) is 1.51. The number of hydrogen-bond acceptors (Lipinski definition) is 5. The van der Waals surface area contributed by atoms with Gasteiger partial charge in [-0.15, -0.1) is 0 Å². The zero-order valence-corrected chi connectivity index (χ0v) is 7.17. The first-order valence-corrected chi connectivity index (χ1v) is 3.62. The predicted octanol–water partition coefficient (Wildman–Crippen LogP) is 0.321. The molecule has 1 aliphatic rings. The molecule has 1 rings (SSSR count). The quantitative estimate of drug-likeness (QED) is 0.469. The molecular weight excluding hydrogens is 192 g/mol. The van der Waals surface area contributed by atoms with Crippen LogP contribution in [0.15, 0.2) is 23.9 Å². The number of rotatable bonds is 2. The van der Waals surface area contributed by atoms with Crippen molar-refractivity contribution in [2.45, 2.75) is 12.5 Å². The minimum Gasteiger partial charge on any atom is -0.282 e. The van der Waals surface area contributed by atoms with Gasteiger partial charge in [0.15, 0.2) is 0 Å². The second-order valence-electron chi connectivity index (χ2n) is 2.97. The normalized spacial score (nSPS) is 25.8. The van der Waals surface area contributed by atoms with Crippen LogP contribution in [0.5, 0.6) is 0 Å². The maximum atomic E-state index is 10.9. The minimum absolute atomic E-state index is 0.695. The highest BCUT2D eigenvalue weighted by atomic mass is 16.6. The predicted molar refractivity (Wildman–Crippen MR) is 44.6 cm³/mol. The molecule has 1 aliphatic carbocycles. The van der Waals surface area contributed by atoms with Crippen molar-refractivity contribution in [2.24, 2.45) is 0 Å². The summed E-state index contributed by atoms with van der Waals surface area (Å²) < 4.78 is 0. The largest absolute Gasteiger partial charge is 0.319 e. The number of allylic oxidation sites excluding steroid dienone is 1. The monoisotopic (exact) mass is 198 g/mol. The molecule has 1 atom stereocenters. The Morgan fingerprint density at radius 3 is 2.36 bits per heavy atom. The van der Waals surface area contributed by atoms with Crippen molar-refractivity contribution in [1.82, 2.24) is 0 Å². The van der Waals surface area contributed by atoms with E-state index in [0.29, 0.717) is 0 Å². The summed E-state index contributed by atoms with van der Waals surface area (Å²) in [6.07, 6.45) is 2.62. The molecule has 0 N–H and O–H groups in total. The van der Waals surface area contributed by atoms with Crippen LogP contribution in [0, 0.1) is 20.2 Å². The topological polar surface area (TPSA) is 103 Å². The van der Waals surface area contributed by atoms with E-state index in [4.69, 9.17) is 0 Å². The number of carbonyl (C=O) groups is 1. The summed E-state index contributed by atoms with van der Waals surface area (Å²) in [6, 6.07) is 0. The van der Waals surface area contributed by atoms with Crippen LogP contribution < -0.4 is 0 Å². The average molecular weight is 198 g/mol. The van der Waals surface area contributed by atoms with Gasteiger partial charge in [0.05, 0.1) is 11.0 Å². The summed E-state index contributed by atoms with van der Waals surface area (Å²) in [5, 5.41) is 20.9. The summed E-state index contributed by atoms with van der Waals surface area (Å²) in [5.41, 5.74) is -2.43. The maximum Gasteiger partial charge on any atom is 0.319 e. The Labute approximate surface area is 78.0 Å². The molecule has 7 nitrogen and oxygen atoms in total. The van der Waals surface area contributed by atoms with Crippen molar-refractivity contribution < 1.29 is 14.6 Å². The molecule has 7 heteroatoms. The van der Waals surface area contributed by atoms with Crippen molar-refractivity contribution in [3.63, 3.8) is 0 Å². The lowest BCUT2D eigenvalue weighted by atomic mass is 9.95. The molecule has 0 spiro atoms. The van der Waals surface area contributed by atoms with E-state index < -0.39 is 26.9 Å². The van der Waals surface area contributed by atoms with E-state index in [-0.39, 0.29) is 0 Å². The van der Waals surface area contributed by atoms with Gasteiger partial charge < -0.3 is 0 Å². The van der Waals surface area contributed by atoms with Crippen LogP contribution in [-0.2, 0) is 4.79 Å². The highest BCUT2D eigenvalue weighted by Crippen LogP contribution is 2.21. The molecule has 0 aromatic heterocycles. The van der Waals surface area contributed by atoms with Crippen LogP contribution >= 0.6 is 0 Å². The van der Waals surface area contributed by atoms with Crippen molar-refractivity contribution in [3.8, 4) is 0 Å². The smallest absolute Gasteiger partial charge is 0.282 e. The van der Waals surface area contributed by atoms with Crippen LogP contribution in [0.25, 0.3) is 0 Å². The number of carbonyl (C=O) groups excluding carboxylic acids is 1. The van der Waals surface area contributed by atoms with E-state index in [1.807, 2.05) is 0 Å². The summed E-state index contributed by atoms with van der Waals surface area (Å²) in [5.74, 6) is -0.825. The lowest BCUT2D eigenvalue weighted by Gasteiger charge is -2.13. The summed E-state index contributed by atoms with van der Waals surface area (Å²) in [6.45, 7) is 1.18. The van der Waals surface area contributed by atoms with E-state index >= 15 is 0 Å². The Hall–Kier alpha value is -2.05. The first-order valence-electron chi connectivity index (χ1n) is 3.62. The lowest BCUT2D eigenvalue weighted by Crippen LogP contribution is -2.34. The van der Waals surface area contributed by atoms with E-state index in [1.165, 1.54) is 6.92 Å². The van der Waals surface area contributed by atoms with Gasteiger partial charge in [0, 0.05) is 17.9 Å². The molecular formula is C7H6N2O5. The fourth-order valence-electron chi connectivity index (χ4n) is 0.982. The first kappa shape index (κ1) is 10.0. The van der Waals surface area contributed by atoms with E-state index in [9.17, 15) is 25.0 Å². The van der Waals surface area contributed by atoms with Gasteiger partial charge in [-0.2, -0.15) is 0 Å². The Kier molecular flexibility index (Phi) is 2.16. The van der Waals surface area contributed by atoms with E-state index in [1.54, 1.807) is 0 Å². The lowest BCUT2D eigenvalue weighted by molar-refractivity contribution is -0.538. The summed E-state index contributed by atoms with van der Waals surface area (Å²) in [4.78, 5) is 30.2. The average Bonchev–Trinajstić information content (AvgIpc) is 2.09. The maximum absolute atomic E-state index is 10.9. The van der Waals surface area contributed by atoms with Crippen molar-refractivity contribution in [2.75, 3.05) is 0 Å². The van der Waals surface area contributed by atoms with Gasteiger partial charge in [-0.25, -0.2) is 0 Å². The molecule has 0 fully saturated rings. The summed E-state index contributed by atoms with van der Waals surface area (Å²) >= 11 is 0. The van der Waals surface area contributed by atoms with Gasteiger partial charge in [0.2, 0.25) is 0 Å². The number of nitro groups is 2. The highest BCUT2D eigenvalue weighted by molar-refractivity contribution is 6.03. The zero-order valence-electron chi connectivity index (χ0n) is 7.17. The minimum atomic E-state index is -1.67. The molecule has 0 radical (unpaired) electrons. The van der Waals surface area contributed by atoms with E-state index in [2.05, 4.69) is 0 Å². The van der Waals surface area contributed by atoms with Crippen LogP contribution in [0.4, 0.5) is 0 Å². The fraction of sp³-hybridized carbons (Fsp3) is 0.286. The van der Waals surface area contributed by atoms with Crippen LogP contribution in [-0.4, -0.2) is 21.2 Å². The van der Waals surface area contributed by atoms with Crippen LogP contribution in [0.1, 0.15) is 6.92 Å². The molecule has 0 aromatic rings. The number of nitrogens with zero attached hydrogens (tertiary/aromatic N) is 2. The molecule has 0 aliphatic heterocycles. The van der Waals surface area contributed by atoms with Gasteiger partial charge in [-0.05, 0) is 6.08 Å². The molecule has 0 bridgehead atoms. The third-order valence-corrected chi connectivity index (χ3v) is 1.84. The first-order chi connectivity index (χ1) is 6.37. The third-order valence-electron chi connectivity index (χ3n) is 1.84. The standard InChI is InChI=1S/C7H6N2O5/c1-7(9(13)14)3-2-6(10)5(4-7)8(11)12/h2-4H,1H3. The van der Waals surface area contributed by atoms with Crippen molar-refractivity contribution >= 4 is 5.78 Å². The van der Waals surface area contributed by atoms with Gasteiger partial charge >= 0.3 is 5.70 Å². The SMILES string of the molecule is CC1([N+](=O)[O-])C=CC(=O)C([N+](=O)[O-])=C1. The molecule has 0 amide bonds. The molecule has 0 heterocycles. The van der Waals surface area contributed by atoms with Crippen LogP contribution in [0.2, 0.25) is 0 Å². The molecule has 0 saturated carbocycles. The molecule has 74 valence electrons. The highest BCUT2D eigenvalue weighted by Gasteiger charge is 2.40. The Morgan fingerprint density at radius 2 is 1.93 bits per heavy atom. The van der Waals surface area contributed by atoms with Gasteiger partial charge in [0.25, 0.3) is 11.3 Å². The van der Waals surface area contributed by atoms with Gasteiger partial charge in [0.1, 0.15) is 0 Å². The fourth-order valence-corrected chi connectivity index (χ4v) is 0.982. The molecule has 14 heavy (non-hydrogen) atoms. The molecule has 0 aromatic carbocycles. The Bertz CT molecular complexity index is 384. The van der Waals surface area contributed by atoms with Crippen molar-refractivity contribution in [1.29, 1.82) is 0 Å². The second-order valence-corrected chi connectivity index (χ2v) is 2.97. The van der Waals surface area contributed by atoms with E-state index in [0.717, 1.165) is 18.2 Å². The van der Waals surface area contributed by atoms with Gasteiger partial charge in [-0.1, -0.05) is 0 Å². The number of hydrogen-bond donors (Lipinski definition) is 0. The van der Waals surface area contributed by atoms with Crippen molar-refractivity contribution in [3.05, 3.63) is 44.2 Å². The summed E-state index contributed by atoms with van der Waals surface area (Å²) in [7, 11) is 0. The zero-order chi connectivity index (χ0) is 10.9. The van der Waals surface area contributed by atoms with Crippen LogP contribution in [0.3, 0.4) is 0 Å². The Balaban J connectivity index is 3.19. The van der Waals surface area contributed by atoms with Gasteiger partial charge in [-0.3, -0.25) is 25.0 Å². The molecule has 0 saturated heterocycles. The second kappa shape index (κ2) is 3.02. The Morgan fingerprint density at radius 1 is 1.36 bits per heavy atom. The number of ketones is 1.